The smallest absolute Gasteiger partial charge is 0.185 e. The summed E-state index contributed by atoms with van der Waals surface area (Å²) >= 11 is 1.38. The summed E-state index contributed by atoms with van der Waals surface area (Å²) < 4.78 is 16.1. The lowest BCUT2D eigenvalue weighted by Crippen LogP contribution is -2.14. The van der Waals surface area contributed by atoms with E-state index in [9.17, 15) is 9.00 Å². The van der Waals surface area contributed by atoms with Crippen molar-refractivity contribution in [1.82, 2.24) is 0 Å². The number of ketones is 1. The van der Waals surface area contributed by atoms with Gasteiger partial charge in [-0.05, 0) is 11.4 Å². The third-order valence-corrected chi connectivity index (χ3v) is 3.72. The van der Waals surface area contributed by atoms with Crippen molar-refractivity contribution < 1.29 is 13.7 Å². The molecule has 0 saturated carbocycles. The molecular weight excluding hydrogens is 220 g/mol. The standard InChI is InChI=1S/C9H12O3S2/c1-12-4-6-14(11)7-8(10)9-3-2-5-13-9/h2-3,5H,4,6-7H2,1H3. The van der Waals surface area contributed by atoms with Crippen molar-refractivity contribution in [2.75, 3.05) is 25.2 Å². The molecule has 5 heteroatoms. The first-order chi connectivity index (χ1) is 6.74. The summed E-state index contributed by atoms with van der Waals surface area (Å²) in [5.74, 6) is 0.478. The van der Waals surface area contributed by atoms with Gasteiger partial charge in [0.05, 0.1) is 17.2 Å². The topological polar surface area (TPSA) is 43.4 Å². The molecule has 0 saturated heterocycles. The van der Waals surface area contributed by atoms with E-state index in [1.54, 1.807) is 13.2 Å². The van der Waals surface area contributed by atoms with E-state index in [1.165, 1.54) is 11.3 Å². The molecule has 0 radical (unpaired) electrons. The van der Waals surface area contributed by atoms with Crippen molar-refractivity contribution in [3.63, 3.8) is 0 Å². The second-order valence-corrected chi connectivity index (χ2v) is 5.21. The third-order valence-electron chi connectivity index (χ3n) is 1.60. The van der Waals surface area contributed by atoms with Crippen LogP contribution in [0.15, 0.2) is 17.5 Å². The van der Waals surface area contributed by atoms with Gasteiger partial charge in [0.15, 0.2) is 5.78 Å². The van der Waals surface area contributed by atoms with Crippen LogP contribution in [0.1, 0.15) is 9.67 Å². The fourth-order valence-corrected chi connectivity index (χ4v) is 2.60. The Bertz CT molecular complexity index is 306. The van der Waals surface area contributed by atoms with Crippen LogP contribution in [-0.4, -0.2) is 35.2 Å². The van der Waals surface area contributed by atoms with Gasteiger partial charge in [0.1, 0.15) is 0 Å². The van der Waals surface area contributed by atoms with Gasteiger partial charge in [0, 0.05) is 23.7 Å². The Kier molecular flexibility index (Phi) is 5.00. The summed E-state index contributed by atoms with van der Waals surface area (Å²) in [5, 5.41) is 1.84. The molecule has 0 N–H and O–H groups in total. The molecule has 1 atom stereocenters. The first-order valence-electron chi connectivity index (χ1n) is 4.14. The Morgan fingerprint density at radius 3 is 3.00 bits per heavy atom. The van der Waals surface area contributed by atoms with E-state index in [0.29, 0.717) is 17.2 Å². The van der Waals surface area contributed by atoms with Gasteiger partial charge in [0.25, 0.3) is 0 Å². The van der Waals surface area contributed by atoms with E-state index in [-0.39, 0.29) is 11.5 Å². The van der Waals surface area contributed by atoms with Crippen LogP contribution in [0, 0.1) is 0 Å². The molecule has 0 spiro atoms. The minimum Gasteiger partial charge on any atom is -0.384 e. The summed E-state index contributed by atoms with van der Waals surface area (Å²) in [5.41, 5.74) is 0. The summed E-state index contributed by atoms with van der Waals surface area (Å²) in [6, 6.07) is 3.57. The van der Waals surface area contributed by atoms with Gasteiger partial charge in [0.2, 0.25) is 0 Å². The van der Waals surface area contributed by atoms with Gasteiger partial charge in [-0.15, -0.1) is 11.3 Å². The number of thiophene rings is 1. The number of carbonyl (C=O) groups excluding carboxylic acids is 1. The molecule has 0 aromatic carbocycles. The van der Waals surface area contributed by atoms with Crippen molar-refractivity contribution in [3.05, 3.63) is 22.4 Å². The van der Waals surface area contributed by atoms with Crippen molar-refractivity contribution in [1.29, 1.82) is 0 Å². The van der Waals surface area contributed by atoms with Gasteiger partial charge < -0.3 is 4.74 Å². The lowest BCUT2D eigenvalue weighted by atomic mass is 10.4. The summed E-state index contributed by atoms with van der Waals surface area (Å²) in [6.45, 7) is 0.435. The normalized spacial score (nSPS) is 12.6. The van der Waals surface area contributed by atoms with E-state index >= 15 is 0 Å². The van der Waals surface area contributed by atoms with Gasteiger partial charge in [-0.2, -0.15) is 0 Å². The summed E-state index contributed by atoms with van der Waals surface area (Å²) in [7, 11) is 0.451. The molecule has 1 aromatic heterocycles. The van der Waals surface area contributed by atoms with Crippen LogP contribution in [0.4, 0.5) is 0 Å². The van der Waals surface area contributed by atoms with Crippen LogP contribution in [-0.2, 0) is 15.5 Å². The third kappa shape index (κ3) is 3.69. The molecular formula is C9H12O3S2. The lowest BCUT2D eigenvalue weighted by molar-refractivity contribution is 0.102. The number of Topliss-reactive ketones (excluding diaryl/α,β-unsaturated/α-hetero) is 1. The maximum absolute atomic E-state index is 11.5. The SMILES string of the molecule is COCCS(=O)CC(=O)c1cccs1. The Morgan fingerprint density at radius 2 is 2.43 bits per heavy atom. The fourth-order valence-electron chi connectivity index (χ4n) is 0.903. The van der Waals surface area contributed by atoms with Crippen LogP contribution in [0.3, 0.4) is 0 Å². The molecule has 0 aliphatic heterocycles. The highest BCUT2D eigenvalue weighted by Gasteiger charge is 2.10. The van der Waals surface area contributed by atoms with Gasteiger partial charge in [-0.25, -0.2) is 0 Å². The maximum Gasteiger partial charge on any atom is 0.185 e. The lowest BCUT2D eigenvalue weighted by Gasteiger charge is -1.99. The van der Waals surface area contributed by atoms with Crippen LogP contribution < -0.4 is 0 Å². The highest BCUT2D eigenvalue weighted by atomic mass is 32.2. The van der Waals surface area contributed by atoms with Crippen LogP contribution in [0.25, 0.3) is 0 Å². The van der Waals surface area contributed by atoms with E-state index < -0.39 is 10.8 Å². The molecule has 3 nitrogen and oxygen atoms in total. The van der Waals surface area contributed by atoms with Crippen LogP contribution >= 0.6 is 11.3 Å². The van der Waals surface area contributed by atoms with E-state index in [1.807, 2.05) is 11.4 Å². The first-order valence-corrected chi connectivity index (χ1v) is 6.51. The molecule has 1 rings (SSSR count). The molecule has 1 heterocycles. The Morgan fingerprint density at radius 1 is 1.64 bits per heavy atom. The minimum atomic E-state index is -1.10. The minimum absolute atomic E-state index is 0.0468. The molecule has 14 heavy (non-hydrogen) atoms. The molecule has 1 aromatic rings. The fraction of sp³-hybridized carbons (Fsp3) is 0.444. The number of hydrogen-bond donors (Lipinski definition) is 0. The largest absolute Gasteiger partial charge is 0.384 e. The zero-order valence-corrected chi connectivity index (χ0v) is 9.53. The molecule has 0 aliphatic carbocycles. The maximum atomic E-state index is 11.5. The monoisotopic (exact) mass is 232 g/mol. The highest BCUT2D eigenvalue weighted by molar-refractivity contribution is 7.85. The quantitative estimate of drug-likeness (QED) is 0.695. The zero-order chi connectivity index (χ0) is 10.4. The Labute approximate surface area is 89.5 Å². The molecule has 78 valence electrons. The van der Waals surface area contributed by atoms with Gasteiger partial charge in [-0.1, -0.05) is 6.07 Å². The van der Waals surface area contributed by atoms with Crippen LogP contribution in [0.5, 0.6) is 0 Å². The number of methoxy groups -OCH3 is 1. The second kappa shape index (κ2) is 6.06. The van der Waals surface area contributed by atoms with E-state index in [2.05, 4.69) is 0 Å². The zero-order valence-electron chi connectivity index (χ0n) is 7.89. The van der Waals surface area contributed by atoms with Crippen molar-refractivity contribution >= 4 is 27.9 Å². The predicted molar refractivity (Wildman–Crippen MR) is 58.4 cm³/mol. The summed E-state index contributed by atoms with van der Waals surface area (Å²) in [6.07, 6.45) is 0. The number of ether oxygens (including phenoxy) is 1. The predicted octanol–water partition coefficient (Wildman–Crippen LogP) is 1.33. The van der Waals surface area contributed by atoms with E-state index in [0.717, 1.165) is 0 Å². The number of hydrogen-bond acceptors (Lipinski definition) is 4. The van der Waals surface area contributed by atoms with Crippen molar-refractivity contribution in [2.24, 2.45) is 0 Å². The van der Waals surface area contributed by atoms with Gasteiger partial charge in [-0.3, -0.25) is 9.00 Å². The summed E-state index contributed by atoms with van der Waals surface area (Å²) in [4.78, 5) is 12.1. The number of carbonyl (C=O) groups is 1. The Balaban J connectivity index is 2.38. The molecule has 0 fully saturated rings. The average molecular weight is 232 g/mol. The molecule has 0 aliphatic rings. The van der Waals surface area contributed by atoms with E-state index in [4.69, 9.17) is 4.74 Å². The van der Waals surface area contributed by atoms with Crippen molar-refractivity contribution in [3.8, 4) is 0 Å². The Hall–Kier alpha value is -0.520. The molecule has 1 unspecified atom stereocenters. The van der Waals surface area contributed by atoms with Crippen LogP contribution in [0.2, 0.25) is 0 Å². The average Bonchev–Trinajstić information content (AvgIpc) is 2.67. The first kappa shape index (κ1) is 11.6. The molecule has 0 amide bonds. The highest BCUT2D eigenvalue weighted by Crippen LogP contribution is 2.09. The molecule has 0 bridgehead atoms. The van der Waals surface area contributed by atoms with Crippen molar-refractivity contribution in [2.45, 2.75) is 0 Å². The van der Waals surface area contributed by atoms with Gasteiger partial charge >= 0.3 is 0 Å². The number of rotatable bonds is 6. The second-order valence-electron chi connectivity index (χ2n) is 2.68.